The van der Waals surface area contributed by atoms with Gasteiger partial charge in [0.15, 0.2) is 0 Å². The average molecular weight is 558 g/mol. The molecule has 2 amide bonds. The van der Waals surface area contributed by atoms with Gasteiger partial charge >= 0.3 is 0 Å². The van der Waals surface area contributed by atoms with Gasteiger partial charge in [0.25, 0.3) is 10.0 Å². The molecule has 0 aliphatic heterocycles. The highest BCUT2D eigenvalue weighted by Crippen LogP contribution is 2.25. The zero-order valence-electron chi connectivity index (χ0n) is 22.6. The normalized spacial score (nSPS) is 12.5. The molecule has 0 aliphatic rings. The first-order chi connectivity index (χ1) is 18.2. The molecule has 0 saturated carbocycles. The number of anilines is 1. The third-order valence-corrected chi connectivity index (χ3v) is 7.75. The molecule has 0 radical (unpaired) electrons. The van der Waals surface area contributed by atoms with E-state index in [1.165, 1.54) is 25.1 Å². The van der Waals surface area contributed by atoms with Crippen LogP contribution >= 0.6 is 0 Å². The third kappa shape index (κ3) is 7.63. The van der Waals surface area contributed by atoms with E-state index < -0.39 is 51.6 Å². The van der Waals surface area contributed by atoms with Crippen molar-refractivity contribution in [1.29, 1.82) is 0 Å². The number of rotatable bonds is 9. The molecule has 0 unspecified atom stereocenters. The molecule has 0 saturated heterocycles. The number of aryl methyl sites for hydroxylation is 1. The first-order valence-corrected chi connectivity index (χ1v) is 13.8. The Morgan fingerprint density at radius 2 is 1.51 bits per heavy atom. The van der Waals surface area contributed by atoms with Crippen molar-refractivity contribution in [3.8, 4) is 0 Å². The molecule has 0 spiro atoms. The number of amides is 2. The summed E-state index contributed by atoms with van der Waals surface area (Å²) in [6.07, 6.45) is 0. The summed E-state index contributed by atoms with van der Waals surface area (Å²) in [6, 6.07) is 15.6. The van der Waals surface area contributed by atoms with Gasteiger partial charge < -0.3 is 10.2 Å². The molecule has 0 heterocycles. The van der Waals surface area contributed by atoms with Crippen molar-refractivity contribution >= 4 is 27.5 Å². The highest BCUT2D eigenvalue weighted by molar-refractivity contribution is 7.92. The van der Waals surface area contributed by atoms with E-state index in [4.69, 9.17) is 0 Å². The van der Waals surface area contributed by atoms with E-state index in [0.29, 0.717) is 0 Å². The number of hydrogen-bond acceptors (Lipinski definition) is 4. The molecule has 7 nitrogen and oxygen atoms in total. The maximum atomic E-state index is 14.6. The van der Waals surface area contributed by atoms with Gasteiger partial charge in [-0.1, -0.05) is 35.9 Å². The molecule has 1 N–H and O–H groups in total. The van der Waals surface area contributed by atoms with Crippen LogP contribution in [0, 0.1) is 18.6 Å². The van der Waals surface area contributed by atoms with Crippen LogP contribution in [0.15, 0.2) is 77.7 Å². The molecular formula is C29H33F2N3O4S. The Labute approximate surface area is 228 Å². The Hall–Kier alpha value is -3.79. The molecule has 0 fully saturated rings. The van der Waals surface area contributed by atoms with Crippen LogP contribution in [0.3, 0.4) is 0 Å². The van der Waals surface area contributed by atoms with Gasteiger partial charge in [0.2, 0.25) is 11.8 Å². The number of carbonyl (C=O) groups is 2. The van der Waals surface area contributed by atoms with Gasteiger partial charge in [-0.2, -0.15) is 0 Å². The van der Waals surface area contributed by atoms with Gasteiger partial charge in [-0.15, -0.1) is 0 Å². The summed E-state index contributed by atoms with van der Waals surface area (Å²) in [5, 5.41) is 2.81. The highest BCUT2D eigenvalue weighted by atomic mass is 32.2. The molecule has 0 aromatic heterocycles. The van der Waals surface area contributed by atoms with E-state index in [2.05, 4.69) is 5.32 Å². The standard InChI is InChI=1S/C29H33F2N3O4S/c1-20-10-14-24(15-11-20)34(39(37,38)25-16-12-23(30)13-17-25)19-27(35)33(18-22-8-6-7-9-26(22)31)21(2)28(36)32-29(3,4)5/h6-17,21H,18-19H2,1-5H3,(H,32,36)/t21-/m0/s1. The van der Waals surface area contributed by atoms with Crippen molar-refractivity contribution in [2.45, 2.75) is 57.6 Å². The smallest absolute Gasteiger partial charge is 0.264 e. The molecule has 3 rings (SSSR count). The van der Waals surface area contributed by atoms with Crippen LogP contribution in [0.25, 0.3) is 0 Å². The molecule has 0 aliphatic carbocycles. The maximum absolute atomic E-state index is 14.6. The number of carbonyl (C=O) groups excluding carboxylic acids is 2. The van der Waals surface area contributed by atoms with Crippen molar-refractivity contribution in [2.24, 2.45) is 0 Å². The SMILES string of the molecule is Cc1ccc(N(CC(=O)N(Cc2ccccc2F)[C@@H](C)C(=O)NC(C)(C)C)S(=O)(=O)c2ccc(F)cc2)cc1. The fourth-order valence-corrected chi connectivity index (χ4v) is 5.25. The molecule has 1 atom stereocenters. The Kier molecular flexibility index (Phi) is 9.11. The maximum Gasteiger partial charge on any atom is 0.264 e. The zero-order valence-corrected chi connectivity index (χ0v) is 23.4. The Morgan fingerprint density at radius 1 is 0.923 bits per heavy atom. The summed E-state index contributed by atoms with van der Waals surface area (Å²) in [4.78, 5) is 27.8. The second-order valence-corrected chi connectivity index (χ2v) is 12.2. The van der Waals surface area contributed by atoms with Gasteiger partial charge in [0, 0.05) is 17.6 Å². The quantitative estimate of drug-likeness (QED) is 0.410. The van der Waals surface area contributed by atoms with E-state index in [9.17, 15) is 26.8 Å². The van der Waals surface area contributed by atoms with E-state index >= 15 is 0 Å². The second-order valence-electron chi connectivity index (χ2n) is 10.3. The monoisotopic (exact) mass is 557 g/mol. The van der Waals surface area contributed by atoms with Crippen molar-refractivity contribution in [2.75, 3.05) is 10.8 Å². The third-order valence-electron chi connectivity index (χ3n) is 5.97. The lowest BCUT2D eigenvalue weighted by Crippen LogP contribution is -2.54. The number of sulfonamides is 1. The fourth-order valence-electron chi connectivity index (χ4n) is 3.84. The minimum atomic E-state index is -4.32. The van der Waals surface area contributed by atoms with Crippen molar-refractivity contribution in [3.05, 3.63) is 95.6 Å². The van der Waals surface area contributed by atoms with E-state index in [1.54, 1.807) is 51.1 Å². The first kappa shape index (κ1) is 29.8. The van der Waals surface area contributed by atoms with Crippen LogP contribution < -0.4 is 9.62 Å². The fraction of sp³-hybridized carbons (Fsp3) is 0.310. The zero-order chi connectivity index (χ0) is 29.0. The molecule has 39 heavy (non-hydrogen) atoms. The van der Waals surface area contributed by atoms with Gasteiger partial charge in [0.05, 0.1) is 10.6 Å². The van der Waals surface area contributed by atoms with E-state index in [1.807, 2.05) is 6.92 Å². The second kappa shape index (κ2) is 11.9. The topological polar surface area (TPSA) is 86.8 Å². The van der Waals surface area contributed by atoms with Crippen molar-refractivity contribution < 1.29 is 26.8 Å². The van der Waals surface area contributed by atoms with Crippen LogP contribution in [0.1, 0.15) is 38.8 Å². The molecule has 0 bridgehead atoms. The Balaban J connectivity index is 2.04. The van der Waals surface area contributed by atoms with E-state index in [-0.39, 0.29) is 22.7 Å². The summed E-state index contributed by atoms with van der Waals surface area (Å²) in [6.45, 7) is 7.76. The number of benzene rings is 3. The lowest BCUT2D eigenvalue weighted by molar-refractivity contribution is -0.140. The lowest BCUT2D eigenvalue weighted by atomic mass is 10.1. The highest BCUT2D eigenvalue weighted by Gasteiger charge is 2.33. The number of nitrogens with one attached hydrogen (secondary N) is 1. The summed E-state index contributed by atoms with van der Waals surface area (Å²) in [5.41, 5.74) is 0.649. The summed E-state index contributed by atoms with van der Waals surface area (Å²) >= 11 is 0. The first-order valence-electron chi connectivity index (χ1n) is 12.4. The predicted molar refractivity (Wildman–Crippen MR) is 146 cm³/mol. The summed E-state index contributed by atoms with van der Waals surface area (Å²) in [7, 11) is -4.32. The summed E-state index contributed by atoms with van der Waals surface area (Å²) < 4.78 is 56.4. The largest absolute Gasteiger partial charge is 0.350 e. The lowest BCUT2D eigenvalue weighted by Gasteiger charge is -2.33. The minimum absolute atomic E-state index is 0.171. The average Bonchev–Trinajstić information content (AvgIpc) is 2.86. The van der Waals surface area contributed by atoms with Gasteiger partial charge in [-0.25, -0.2) is 17.2 Å². The Bertz CT molecular complexity index is 1420. The molecule has 10 heteroatoms. The van der Waals surface area contributed by atoms with Crippen molar-refractivity contribution in [3.63, 3.8) is 0 Å². The van der Waals surface area contributed by atoms with Gasteiger partial charge in [-0.05, 0) is 77.1 Å². The van der Waals surface area contributed by atoms with Crippen molar-refractivity contribution in [1.82, 2.24) is 10.2 Å². The molecular weight excluding hydrogens is 524 g/mol. The number of halogens is 2. The van der Waals surface area contributed by atoms with Crippen LogP contribution in [-0.4, -0.2) is 43.3 Å². The molecule has 208 valence electrons. The van der Waals surface area contributed by atoms with Gasteiger partial charge in [0.1, 0.15) is 24.2 Å². The van der Waals surface area contributed by atoms with Crippen LogP contribution in [0.4, 0.5) is 14.5 Å². The van der Waals surface area contributed by atoms with Crippen LogP contribution in [0.5, 0.6) is 0 Å². The number of nitrogens with zero attached hydrogens (tertiary/aromatic N) is 2. The molecule has 3 aromatic carbocycles. The van der Waals surface area contributed by atoms with Crippen LogP contribution in [0.2, 0.25) is 0 Å². The minimum Gasteiger partial charge on any atom is -0.350 e. The Morgan fingerprint density at radius 3 is 2.08 bits per heavy atom. The number of hydrogen-bond donors (Lipinski definition) is 1. The predicted octanol–water partition coefficient (Wildman–Crippen LogP) is 4.80. The molecule has 3 aromatic rings. The van der Waals surface area contributed by atoms with Crippen LogP contribution in [-0.2, 0) is 26.2 Å². The van der Waals surface area contributed by atoms with E-state index in [0.717, 1.165) is 39.0 Å². The summed E-state index contributed by atoms with van der Waals surface area (Å²) in [5.74, 6) is -2.37. The van der Waals surface area contributed by atoms with Gasteiger partial charge in [-0.3, -0.25) is 13.9 Å².